The van der Waals surface area contributed by atoms with Gasteiger partial charge in [0.05, 0.1) is 0 Å². The van der Waals surface area contributed by atoms with Gasteiger partial charge in [-0.1, -0.05) is 55.4 Å². The molecule has 0 N–H and O–H groups in total. The van der Waals surface area contributed by atoms with E-state index in [-0.39, 0.29) is 21.2 Å². The van der Waals surface area contributed by atoms with Gasteiger partial charge in [0, 0.05) is 0 Å². The van der Waals surface area contributed by atoms with E-state index in [1.54, 1.807) is 0 Å². The summed E-state index contributed by atoms with van der Waals surface area (Å²) in [5.74, 6) is 0. The molecule has 0 amide bonds. The predicted octanol–water partition coefficient (Wildman–Crippen LogP) is 3.92. The molecule has 2 rings (SSSR count). The van der Waals surface area contributed by atoms with E-state index >= 15 is 0 Å². The summed E-state index contributed by atoms with van der Waals surface area (Å²) in [6.45, 7) is 16.0. The van der Waals surface area contributed by atoms with E-state index in [1.807, 2.05) is 55.4 Å². The van der Waals surface area contributed by atoms with Crippen LogP contribution in [-0.4, -0.2) is 0 Å². The molecule has 0 aliphatic heterocycles. The average Bonchev–Trinajstić information content (AvgIpc) is 2.64. The first kappa shape index (κ1) is 25.1. The second kappa shape index (κ2) is 24.2. The van der Waals surface area contributed by atoms with Crippen molar-refractivity contribution < 1.29 is 21.2 Å². The van der Waals surface area contributed by atoms with Crippen LogP contribution in [0, 0.1) is 7.14 Å². The van der Waals surface area contributed by atoms with Gasteiger partial charge < -0.3 is 0 Å². The van der Waals surface area contributed by atoms with E-state index in [0.717, 1.165) is 0 Å². The Kier molecular flexibility index (Phi) is 29.0. The zero-order chi connectivity index (χ0) is 16.9. The Morgan fingerprint density at radius 3 is 0.905 bits per heavy atom. The summed E-state index contributed by atoms with van der Waals surface area (Å²) in [7, 11) is 0. The van der Waals surface area contributed by atoms with Crippen molar-refractivity contribution in [1.82, 2.24) is 0 Å². The maximum atomic E-state index is 2.21. The van der Waals surface area contributed by atoms with Gasteiger partial charge in [-0.2, -0.15) is 0 Å². The Morgan fingerprint density at radius 2 is 0.667 bits per heavy atom. The molecule has 21 heavy (non-hydrogen) atoms. The van der Waals surface area contributed by atoms with E-state index in [0.29, 0.717) is 0 Å². The molecule has 1 heteroatoms. The minimum absolute atomic E-state index is 0.0287. The van der Waals surface area contributed by atoms with Crippen LogP contribution in [0.3, 0.4) is 0 Å². The fraction of sp³-hybridized carbons (Fsp3) is 0.400. The third-order valence-corrected chi connectivity index (χ3v) is 4.37. The molecule has 0 spiro atoms. The predicted molar refractivity (Wildman–Crippen MR) is 95.7 cm³/mol. The zero-order valence-electron chi connectivity index (χ0n) is 15.2. The van der Waals surface area contributed by atoms with Gasteiger partial charge in [-0.05, 0) is 0 Å². The monoisotopic (exact) mass is 401 g/mol. The van der Waals surface area contributed by atoms with Gasteiger partial charge in [0.2, 0.25) is 0 Å². The molecular weight excluding hydrogens is 367 g/mol. The average molecular weight is 401 g/mol. The number of rotatable bonds is 2. The molecule has 0 radical (unpaired) electrons. The minimum atomic E-state index is 0.0287. The summed E-state index contributed by atoms with van der Waals surface area (Å²) in [6.07, 6.45) is 0. The van der Waals surface area contributed by atoms with Gasteiger partial charge in [0.25, 0.3) is 0 Å². The van der Waals surface area contributed by atoms with Crippen LogP contribution in [0.5, 0.6) is 0 Å². The zero-order valence-corrected chi connectivity index (χ0v) is 17.3. The summed E-state index contributed by atoms with van der Waals surface area (Å²) >= 11 is 0.0287. The fourth-order valence-corrected chi connectivity index (χ4v) is 3.35. The van der Waals surface area contributed by atoms with Gasteiger partial charge in [-0.3, -0.25) is 0 Å². The van der Waals surface area contributed by atoms with Crippen molar-refractivity contribution in [1.29, 1.82) is 0 Å². The molecule has 0 heterocycles. The molecule has 0 aromatic heterocycles. The molecule has 0 saturated heterocycles. The van der Waals surface area contributed by atoms with Crippen LogP contribution in [0.15, 0.2) is 60.7 Å². The van der Waals surface area contributed by atoms with Crippen molar-refractivity contribution in [2.45, 2.75) is 55.4 Å². The topological polar surface area (TPSA) is 0 Å². The first-order valence-corrected chi connectivity index (χ1v) is 10.4. The molecule has 0 saturated carbocycles. The van der Waals surface area contributed by atoms with Crippen molar-refractivity contribution in [2.24, 2.45) is 0 Å². The van der Waals surface area contributed by atoms with Crippen molar-refractivity contribution in [2.75, 3.05) is 0 Å². The third-order valence-electron chi connectivity index (χ3n) is 1.68. The maximum absolute atomic E-state index is 2.21. The van der Waals surface area contributed by atoms with Crippen LogP contribution in [-0.2, 0) is 0 Å². The first-order chi connectivity index (χ1) is 10.4. The Labute approximate surface area is 144 Å². The molecule has 122 valence electrons. The number of hydrogen-bond donors (Lipinski definition) is 0. The molecule has 0 bridgehead atoms. The number of benzene rings is 2. The van der Waals surface area contributed by atoms with E-state index in [1.165, 1.54) is 7.14 Å². The van der Waals surface area contributed by atoms with Crippen LogP contribution in [0.1, 0.15) is 55.4 Å². The third kappa shape index (κ3) is 15.4. The van der Waals surface area contributed by atoms with E-state index < -0.39 is 0 Å². The molecule has 0 aliphatic rings. The van der Waals surface area contributed by atoms with Crippen molar-refractivity contribution in [3.8, 4) is 0 Å². The normalized spacial score (nSPS) is 7.43. The van der Waals surface area contributed by atoms with Gasteiger partial charge in [0.1, 0.15) is 0 Å². The fourth-order valence-electron chi connectivity index (χ4n) is 1.08. The van der Waals surface area contributed by atoms with Crippen molar-refractivity contribution >= 4 is 0 Å². The Bertz CT molecular complexity index is 317. The van der Waals surface area contributed by atoms with Crippen molar-refractivity contribution in [3.63, 3.8) is 0 Å². The van der Waals surface area contributed by atoms with E-state index in [4.69, 9.17) is 0 Å². The number of halogens is 1. The van der Waals surface area contributed by atoms with Crippen LogP contribution in [0.25, 0.3) is 0 Å². The quantitative estimate of drug-likeness (QED) is 0.670. The molecule has 0 nitrogen and oxygen atoms in total. The van der Waals surface area contributed by atoms with Gasteiger partial charge >= 0.3 is 89.0 Å². The number of hydrogen-bond acceptors (Lipinski definition) is 0. The summed E-state index contributed by atoms with van der Waals surface area (Å²) in [4.78, 5) is 0. The summed E-state index contributed by atoms with van der Waals surface area (Å²) in [5, 5.41) is 0. The molecule has 0 fully saturated rings. The standard InChI is InChI=1S/C12H10I.4C2H6/c1-3-7-11(8-4-1)13-12-9-5-2-6-10-12;4*1-2/h1-10H;4*1-2H3/q-1;;;;. The van der Waals surface area contributed by atoms with Crippen LogP contribution >= 0.6 is 0 Å². The SMILES string of the molecule is CC.CC.CC.CC.c1ccc([I-]c2ccccc2)cc1. The molecule has 0 atom stereocenters. The molecule has 0 unspecified atom stereocenters. The molecular formula is C20H34I-. The molecule has 0 aliphatic carbocycles. The first-order valence-electron chi connectivity index (χ1n) is 8.20. The second-order valence-corrected chi connectivity index (χ2v) is 5.72. The van der Waals surface area contributed by atoms with Crippen LogP contribution in [0.4, 0.5) is 0 Å². The Morgan fingerprint density at radius 1 is 0.429 bits per heavy atom. The van der Waals surface area contributed by atoms with Gasteiger partial charge in [-0.15, -0.1) is 0 Å². The Balaban J connectivity index is -0.000000353. The summed E-state index contributed by atoms with van der Waals surface area (Å²) < 4.78 is 2.96. The van der Waals surface area contributed by atoms with Gasteiger partial charge in [0.15, 0.2) is 0 Å². The second-order valence-electron chi connectivity index (χ2n) is 2.69. The van der Waals surface area contributed by atoms with E-state index in [9.17, 15) is 0 Å². The Hall–Kier alpha value is -0.830. The van der Waals surface area contributed by atoms with Crippen LogP contribution in [0.2, 0.25) is 0 Å². The molecule has 2 aromatic rings. The van der Waals surface area contributed by atoms with Crippen LogP contribution < -0.4 is 21.2 Å². The molecule has 2 aromatic carbocycles. The van der Waals surface area contributed by atoms with E-state index in [2.05, 4.69) is 60.7 Å². The summed E-state index contributed by atoms with van der Waals surface area (Å²) in [6, 6.07) is 21.4. The summed E-state index contributed by atoms with van der Waals surface area (Å²) in [5.41, 5.74) is 0. The van der Waals surface area contributed by atoms with Crippen molar-refractivity contribution in [3.05, 3.63) is 67.8 Å². The van der Waals surface area contributed by atoms with Gasteiger partial charge in [-0.25, -0.2) is 0 Å².